The Hall–Kier alpha value is -1.84. The molecular formula is C18H23NO2. The molecule has 0 aliphatic rings. The Morgan fingerprint density at radius 2 is 1.62 bits per heavy atom. The van der Waals surface area contributed by atoms with Crippen molar-refractivity contribution in [2.24, 2.45) is 5.73 Å². The van der Waals surface area contributed by atoms with Crippen LogP contribution in [-0.2, 0) is 6.54 Å². The van der Waals surface area contributed by atoms with Crippen LogP contribution in [0.3, 0.4) is 0 Å². The van der Waals surface area contributed by atoms with Crippen molar-refractivity contribution in [3.63, 3.8) is 0 Å². The molecular weight excluding hydrogens is 262 g/mol. The second-order valence-corrected chi connectivity index (χ2v) is 5.50. The van der Waals surface area contributed by atoms with Gasteiger partial charge >= 0.3 is 0 Å². The zero-order valence-electron chi connectivity index (χ0n) is 12.9. The number of hydrogen-bond donors (Lipinski definition) is 2. The van der Waals surface area contributed by atoms with Gasteiger partial charge in [-0.05, 0) is 43.0 Å². The van der Waals surface area contributed by atoms with Crippen molar-refractivity contribution in [3.05, 3.63) is 64.2 Å². The Morgan fingerprint density at radius 3 is 2.14 bits per heavy atom. The molecule has 0 fully saturated rings. The van der Waals surface area contributed by atoms with Gasteiger partial charge in [0.05, 0.1) is 0 Å². The first-order valence-corrected chi connectivity index (χ1v) is 7.19. The van der Waals surface area contributed by atoms with Gasteiger partial charge in [0.25, 0.3) is 0 Å². The average Bonchev–Trinajstić information content (AvgIpc) is 2.46. The number of rotatable bonds is 5. The van der Waals surface area contributed by atoms with Crippen LogP contribution in [-0.4, -0.2) is 11.7 Å². The third-order valence-corrected chi connectivity index (χ3v) is 3.59. The van der Waals surface area contributed by atoms with E-state index in [0.717, 1.165) is 28.0 Å². The van der Waals surface area contributed by atoms with Crippen LogP contribution in [0.15, 0.2) is 36.4 Å². The molecule has 3 N–H and O–H groups in total. The van der Waals surface area contributed by atoms with Crippen LogP contribution in [0, 0.1) is 20.8 Å². The number of ether oxygens (including phenoxy) is 1. The van der Waals surface area contributed by atoms with Gasteiger partial charge in [0.15, 0.2) is 0 Å². The molecule has 0 amide bonds. The molecule has 2 aromatic rings. The van der Waals surface area contributed by atoms with Gasteiger partial charge in [0, 0.05) is 6.54 Å². The Bertz CT molecular complexity index is 582. The normalized spacial score (nSPS) is 12.2. The molecule has 1 unspecified atom stereocenters. The van der Waals surface area contributed by atoms with Crippen molar-refractivity contribution in [1.82, 2.24) is 0 Å². The van der Waals surface area contributed by atoms with Gasteiger partial charge in [-0.2, -0.15) is 0 Å². The molecule has 0 aliphatic carbocycles. The SMILES string of the molecule is Cc1cc(C)c(OCC(O)c2ccc(CN)cc2)c(C)c1. The first kappa shape index (κ1) is 15.5. The Morgan fingerprint density at radius 1 is 1.05 bits per heavy atom. The van der Waals surface area contributed by atoms with Crippen molar-refractivity contribution in [3.8, 4) is 5.75 Å². The summed E-state index contributed by atoms with van der Waals surface area (Å²) in [5, 5.41) is 10.2. The highest BCUT2D eigenvalue weighted by atomic mass is 16.5. The molecule has 0 aliphatic heterocycles. The fraction of sp³-hybridized carbons (Fsp3) is 0.333. The number of aliphatic hydroxyl groups excluding tert-OH is 1. The van der Waals surface area contributed by atoms with Crippen LogP contribution >= 0.6 is 0 Å². The Kier molecular flexibility index (Phi) is 4.99. The van der Waals surface area contributed by atoms with E-state index in [1.54, 1.807) is 0 Å². The molecule has 2 aromatic carbocycles. The Balaban J connectivity index is 2.05. The van der Waals surface area contributed by atoms with E-state index >= 15 is 0 Å². The highest BCUT2D eigenvalue weighted by molar-refractivity contribution is 5.43. The molecule has 0 spiro atoms. The minimum atomic E-state index is -0.642. The predicted octanol–water partition coefficient (Wildman–Crippen LogP) is 3.18. The zero-order chi connectivity index (χ0) is 15.4. The maximum Gasteiger partial charge on any atom is 0.125 e. The van der Waals surface area contributed by atoms with Crippen molar-refractivity contribution in [2.75, 3.05) is 6.61 Å². The lowest BCUT2D eigenvalue weighted by Crippen LogP contribution is -2.11. The lowest BCUT2D eigenvalue weighted by atomic mass is 10.1. The summed E-state index contributed by atoms with van der Waals surface area (Å²) in [7, 11) is 0. The highest BCUT2D eigenvalue weighted by Gasteiger charge is 2.11. The topological polar surface area (TPSA) is 55.5 Å². The summed E-state index contributed by atoms with van der Waals surface area (Å²) >= 11 is 0. The van der Waals surface area contributed by atoms with Gasteiger partial charge in [-0.1, -0.05) is 42.0 Å². The van der Waals surface area contributed by atoms with Crippen LogP contribution < -0.4 is 10.5 Å². The number of aliphatic hydroxyl groups is 1. The largest absolute Gasteiger partial charge is 0.490 e. The Labute approximate surface area is 126 Å². The number of hydrogen-bond acceptors (Lipinski definition) is 3. The van der Waals surface area contributed by atoms with Crippen LogP contribution in [0.2, 0.25) is 0 Å². The molecule has 3 nitrogen and oxygen atoms in total. The van der Waals surface area contributed by atoms with Gasteiger partial charge in [-0.15, -0.1) is 0 Å². The molecule has 2 rings (SSSR count). The molecule has 1 atom stereocenters. The molecule has 0 bridgehead atoms. The quantitative estimate of drug-likeness (QED) is 0.887. The minimum absolute atomic E-state index is 0.243. The van der Waals surface area contributed by atoms with Gasteiger partial charge in [-0.25, -0.2) is 0 Å². The van der Waals surface area contributed by atoms with Crippen LogP contribution in [0.1, 0.15) is 33.9 Å². The molecule has 0 saturated carbocycles. The van der Waals surface area contributed by atoms with Crippen LogP contribution in [0.5, 0.6) is 5.75 Å². The maximum atomic E-state index is 10.2. The second-order valence-electron chi connectivity index (χ2n) is 5.50. The van der Waals surface area contributed by atoms with Crippen molar-refractivity contribution < 1.29 is 9.84 Å². The first-order chi connectivity index (χ1) is 10.0. The first-order valence-electron chi connectivity index (χ1n) is 7.19. The summed E-state index contributed by atoms with van der Waals surface area (Å²) < 4.78 is 5.82. The van der Waals surface area contributed by atoms with Crippen molar-refractivity contribution in [2.45, 2.75) is 33.4 Å². The van der Waals surface area contributed by atoms with E-state index in [0.29, 0.717) is 6.54 Å². The fourth-order valence-electron chi connectivity index (χ4n) is 2.53. The van der Waals surface area contributed by atoms with Gasteiger partial charge in [0.1, 0.15) is 18.5 Å². The lowest BCUT2D eigenvalue weighted by molar-refractivity contribution is 0.107. The third-order valence-electron chi connectivity index (χ3n) is 3.59. The summed E-state index contributed by atoms with van der Waals surface area (Å²) in [4.78, 5) is 0. The van der Waals surface area contributed by atoms with Crippen molar-refractivity contribution >= 4 is 0 Å². The summed E-state index contributed by atoms with van der Waals surface area (Å²) in [6.45, 7) is 6.87. The smallest absolute Gasteiger partial charge is 0.125 e. The van der Waals surface area contributed by atoms with E-state index in [1.165, 1.54) is 5.56 Å². The minimum Gasteiger partial charge on any atom is -0.490 e. The van der Waals surface area contributed by atoms with Crippen LogP contribution in [0.25, 0.3) is 0 Å². The van der Waals surface area contributed by atoms with E-state index in [1.807, 2.05) is 38.1 Å². The van der Waals surface area contributed by atoms with Gasteiger partial charge < -0.3 is 15.6 Å². The highest BCUT2D eigenvalue weighted by Crippen LogP contribution is 2.26. The maximum absolute atomic E-state index is 10.2. The summed E-state index contributed by atoms with van der Waals surface area (Å²) in [5.74, 6) is 0.859. The lowest BCUT2D eigenvalue weighted by Gasteiger charge is -2.16. The van der Waals surface area contributed by atoms with E-state index in [-0.39, 0.29) is 6.61 Å². The summed E-state index contributed by atoms with van der Waals surface area (Å²) in [6, 6.07) is 11.8. The summed E-state index contributed by atoms with van der Waals surface area (Å²) in [5.41, 5.74) is 10.9. The summed E-state index contributed by atoms with van der Waals surface area (Å²) in [6.07, 6.45) is -0.642. The monoisotopic (exact) mass is 285 g/mol. The molecule has 0 aromatic heterocycles. The molecule has 0 radical (unpaired) electrons. The number of nitrogens with two attached hydrogens (primary N) is 1. The van der Waals surface area contributed by atoms with E-state index in [2.05, 4.69) is 19.1 Å². The van der Waals surface area contributed by atoms with Crippen molar-refractivity contribution in [1.29, 1.82) is 0 Å². The second kappa shape index (κ2) is 6.74. The zero-order valence-corrected chi connectivity index (χ0v) is 12.9. The standard InChI is InChI=1S/C18H23NO2/c1-12-8-13(2)18(14(3)9-12)21-11-17(20)16-6-4-15(10-19)5-7-16/h4-9,17,20H,10-11,19H2,1-3H3. The third kappa shape index (κ3) is 3.84. The average molecular weight is 285 g/mol. The van der Waals surface area contributed by atoms with E-state index in [4.69, 9.17) is 10.5 Å². The van der Waals surface area contributed by atoms with Gasteiger partial charge in [-0.3, -0.25) is 0 Å². The molecule has 112 valence electrons. The molecule has 0 saturated heterocycles. The van der Waals surface area contributed by atoms with E-state index in [9.17, 15) is 5.11 Å². The molecule has 21 heavy (non-hydrogen) atoms. The fourth-order valence-corrected chi connectivity index (χ4v) is 2.53. The molecule has 3 heteroatoms. The van der Waals surface area contributed by atoms with E-state index < -0.39 is 6.10 Å². The number of aryl methyl sites for hydroxylation is 3. The predicted molar refractivity (Wildman–Crippen MR) is 85.4 cm³/mol. The number of benzene rings is 2. The molecule has 0 heterocycles. The van der Waals surface area contributed by atoms with Gasteiger partial charge in [0.2, 0.25) is 0 Å². The van der Waals surface area contributed by atoms with Crippen LogP contribution in [0.4, 0.5) is 0 Å².